The zero-order chi connectivity index (χ0) is 11.3. The lowest BCUT2D eigenvalue weighted by Crippen LogP contribution is -2.23. The Morgan fingerprint density at radius 2 is 2.27 bits per heavy atom. The minimum Gasteiger partial charge on any atom is -0.468 e. The Kier molecular flexibility index (Phi) is 4.59. The average molecular weight is 228 g/mol. The number of hydrogen-bond donors (Lipinski definition) is 1. The highest BCUT2D eigenvalue weighted by Gasteiger charge is 2.00. The van der Waals surface area contributed by atoms with E-state index in [1.54, 1.807) is 0 Å². The summed E-state index contributed by atoms with van der Waals surface area (Å²) in [5, 5.41) is 3.71. The molecule has 0 amide bonds. The molecule has 0 saturated heterocycles. The van der Waals surface area contributed by atoms with Crippen LogP contribution in [0.1, 0.15) is 11.1 Å². The molecular weight excluding hydrogens is 214 g/mol. The molecule has 0 fully saturated rings. The molecule has 0 aliphatic rings. The molecule has 1 rings (SSSR count). The molecule has 0 bridgehead atoms. The van der Waals surface area contributed by atoms with Crippen molar-refractivity contribution in [1.29, 1.82) is 0 Å². The van der Waals surface area contributed by atoms with Crippen molar-refractivity contribution < 1.29 is 9.53 Å². The van der Waals surface area contributed by atoms with Gasteiger partial charge in [-0.15, -0.1) is 0 Å². The SMILES string of the molecule is COC(=O)CNCc1ccc(C)c(Cl)c1. The third-order valence-electron chi connectivity index (χ3n) is 2.06. The molecule has 0 aromatic heterocycles. The van der Waals surface area contributed by atoms with Crippen LogP contribution in [-0.2, 0) is 16.1 Å². The summed E-state index contributed by atoms with van der Waals surface area (Å²) in [6.07, 6.45) is 0. The van der Waals surface area contributed by atoms with Gasteiger partial charge in [-0.25, -0.2) is 0 Å². The van der Waals surface area contributed by atoms with Crippen LogP contribution in [0, 0.1) is 6.92 Å². The standard InChI is InChI=1S/C11H14ClNO2/c1-8-3-4-9(5-10(8)12)6-13-7-11(14)15-2/h3-5,13H,6-7H2,1-2H3. The largest absolute Gasteiger partial charge is 0.468 e. The molecule has 1 aromatic carbocycles. The Balaban J connectivity index is 2.44. The van der Waals surface area contributed by atoms with E-state index < -0.39 is 0 Å². The van der Waals surface area contributed by atoms with E-state index in [1.807, 2.05) is 25.1 Å². The maximum Gasteiger partial charge on any atom is 0.319 e. The zero-order valence-corrected chi connectivity index (χ0v) is 9.60. The number of methoxy groups -OCH3 is 1. The van der Waals surface area contributed by atoms with Gasteiger partial charge in [0, 0.05) is 11.6 Å². The Bertz CT molecular complexity index is 352. The van der Waals surface area contributed by atoms with Gasteiger partial charge in [0.25, 0.3) is 0 Å². The fourth-order valence-electron chi connectivity index (χ4n) is 1.13. The number of carbonyl (C=O) groups is 1. The second-order valence-electron chi connectivity index (χ2n) is 3.26. The first-order valence-electron chi connectivity index (χ1n) is 4.66. The van der Waals surface area contributed by atoms with Gasteiger partial charge in [0.1, 0.15) is 0 Å². The molecule has 1 N–H and O–H groups in total. The molecule has 0 atom stereocenters. The van der Waals surface area contributed by atoms with Crippen LogP contribution in [0.25, 0.3) is 0 Å². The first-order chi connectivity index (χ1) is 7.13. The smallest absolute Gasteiger partial charge is 0.319 e. The second kappa shape index (κ2) is 5.73. The summed E-state index contributed by atoms with van der Waals surface area (Å²) in [4.78, 5) is 10.8. The second-order valence-corrected chi connectivity index (χ2v) is 3.67. The molecule has 0 unspecified atom stereocenters. The number of rotatable bonds is 4. The van der Waals surface area contributed by atoms with E-state index in [-0.39, 0.29) is 12.5 Å². The van der Waals surface area contributed by atoms with Crippen molar-refractivity contribution in [2.75, 3.05) is 13.7 Å². The van der Waals surface area contributed by atoms with Crippen molar-refractivity contribution in [2.24, 2.45) is 0 Å². The van der Waals surface area contributed by atoms with Crippen molar-refractivity contribution in [3.05, 3.63) is 34.3 Å². The molecule has 1 aromatic rings. The number of nitrogens with one attached hydrogen (secondary N) is 1. The molecule has 15 heavy (non-hydrogen) atoms. The summed E-state index contributed by atoms with van der Waals surface area (Å²) in [5.41, 5.74) is 2.10. The highest BCUT2D eigenvalue weighted by atomic mass is 35.5. The molecule has 0 aliphatic carbocycles. The van der Waals surface area contributed by atoms with Crippen molar-refractivity contribution in [3.8, 4) is 0 Å². The predicted octanol–water partition coefficient (Wildman–Crippen LogP) is 1.91. The van der Waals surface area contributed by atoms with Crippen LogP contribution in [0.3, 0.4) is 0 Å². The zero-order valence-electron chi connectivity index (χ0n) is 8.84. The molecule has 82 valence electrons. The summed E-state index contributed by atoms with van der Waals surface area (Å²) >= 11 is 5.96. The molecule has 4 heteroatoms. The van der Waals surface area contributed by atoms with Gasteiger partial charge >= 0.3 is 5.97 Å². The fraction of sp³-hybridized carbons (Fsp3) is 0.364. The molecule has 0 radical (unpaired) electrons. The fourth-order valence-corrected chi connectivity index (χ4v) is 1.33. The van der Waals surface area contributed by atoms with Crippen LogP contribution in [0.2, 0.25) is 5.02 Å². The Morgan fingerprint density at radius 3 is 2.87 bits per heavy atom. The molecule has 0 spiro atoms. The number of esters is 1. The lowest BCUT2D eigenvalue weighted by Gasteiger charge is -2.05. The van der Waals surface area contributed by atoms with E-state index in [0.717, 1.165) is 16.1 Å². The maximum absolute atomic E-state index is 10.8. The Morgan fingerprint density at radius 1 is 1.53 bits per heavy atom. The molecule has 0 aliphatic heterocycles. The Hall–Kier alpha value is -1.06. The van der Waals surface area contributed by atoms with E-state index in [9.17, 15) is 4.79 Å². The quantitative estimate of drug-likeness (QED) is 0.799. The predicted molar refractivity (Wildman–Crippen MR) is 59.9 cm³/mol. The summed E-state index contributed by atoms with van der Waals surface area (Å²) < 4.78 is 4.50. The van der Waals surface area contributed by atoms with Gasteiger partial charge in [-0.2, -0.15) is 0 Å². The minimum absolute atomic E-state index is 0.210. The molecule has 3 nitrogen and oxygen atoms in total. The van der Waals surface area contributed by atoms with Gasteiger partial charge < -0.3 is 10.1 Å². The average Bonchev–Trinajstić information content (AvgIpc) is 2.23. The lowest BCUT2D eigenvalue weighted by molar-refractivity contribution is -0.139. The number of halogens is 1. The van der Waals surface area contributed by atoms with E-state index in [4.69, 9.17) is 11.6 Å². The van der Waals surface area contributed by atoms with Crippen LogP contribution in [-0.4, -0.2) is 19.6 Å². The highest BCUT2D eigenvalue weighted by molar-refractivity contribution is 6.31. The van der Waals surface area contributed by atoms with Crippen molar-refractivity contribution in [3.63, 3.8) is 0 Å². The van der Waals surface area contributed by atoms with Gasteiger partial charge in [0.2, 0.25) is 0 Å². The lowest BCUT2D eigenvalue weighted by atomic mass is 10.1. The number of ether oxygens (including phenoxy) is 1. The third kappa shape index (κ3) is 3.90. The van der Waals surface area contributed by atoms with Crippen molar-refractivity contribution >= 4 is 17.6 Å². The summed E-state index contributed by atoms with van der Waals surface area (Å²) in [6, 6.07) is 5.82. The van der Waals surface area contributed by atoms with Crippen LogP contribution in [0.5, 0.6) is 0 Å². The van der Waals surface area contributed by atoms with Crippen LogP contribution >= 0.6 is 11.6 Å². The van der Waals surface area contributed by atoms with E-state index >= 15 is 0 Å². The van der Waals surface area contributed by atoms with Crippen LogP contribution < -0.4 is 5.32 Å². The van der Waals surface area contributed by atoms with Crippen LogP contribution in [0.15, 0.2) is 18.2 Å². The van der Waals surface area contributed by atoms with Crippen LogP contribution in [0.4, 0.5) is 0 Å². The van der Waals surface area contributed by atoms with Gasteiger partial charge in [0.05, 0.1) is 13.7 Å². The summed E-state index contributed by atoms with van der Waals surface area (Å²) in [6.45, 7) is 2.77. The first-order valence-corrected chi connectivity index (χ1v) is 5.04. The molecule has 0 saturated carbocycles. The maximum atomic E-state index is 10.8. The number of hydrogen-bond acceptors (Lipinski definition) is 3. The van der Waals surface area contributed by atoms with Gasteiger partial charge in [-0.05, 0) is 24.1 Å². The number of benzene rings is 1. The topological polar surface area (TPSA) is 38.3 Å². The molecule has 0 heterocycles. The summed E-state index contributed by atoms with van der Waals surface area (Å²) in [5.74, 6) is -0.270. The van der Waals surface area contributed by atoms with Crippen molar-refractivity contribution in [2.45, 2.75) is 13.5 Å². The summed E-state index contributed by atoms with van der Waals surface area (Å²) in [7, 11) is 1.37. The number of aryl methyl sites for hydroxylation is 1. The van der Waals surface area contributed by atoms with Gasteiger partial charge in [0.15, 0.2) is 0 Å². The molecular formula is C11H14ClNO2. The first kappa shape index (κ1) is 12.0. The van der Waals surface area contributed by atoms with Gasteiger partial charge in [-0.3, -0.25) is 4.79 Å². The van der Waals surface area contributed by atoms with E-state index in [2.05, 4.69) is 10.1 Å². The third-order valence-corrected chi connectivity index (χ3v) is 2.47. The minimum atomic E-state index is -0.270. The number of carbonyl (C=O) groups excluding carboxylic acids is 1. The monoisotopic (exact) mass is 227 g/mol. The van der Waals surface area contributed by atoms with E-state index in [1.165, 1.54) is 7.11 Å². The highest BCUT2D eigenvalue weighted by Crippen LogP contribution is 2.16. The Labute approximate surface area is 94.4 Å². The normalized spacial score (nSPS) is 10.1. The van der Waals surface area contributed by atoms with Gasteiger partial charge in [-0.1, -0.05) is 23.7 Å². The van der Waals surface area contributed by atoms with Crippen molar-refractivity contribution in [1.82, 2.24) is 5.32 Å². The van der Waals surface area contributed by atoms with E-state index in [0.29, 0.717) is 6.54 Å².